The quantitative estimate of drug-likeness (QED) is 0.692. The van der Waals surface area contributed by atoms with Gasteiger partial charge in [0.25, 0.3) is 0 Å². The Kier molecular flexibility index (Phi) is 4.11. The van der Waals surface area contributed by atoms with Gasteiger partial charge < -0.3 is 9.47 Å². The maximum Gasteiger partial charge on any atom is 0.202 e. The Morgan fingerprint density at radius 1 is 1.04 bits per heavy atom. The number of fused-ring (bicyclic) bond motifs is 1. The topological polar surface area (TPSA) is 31.4 Å². The number of aryl methyl sites for hydroxylation is 1. The first kappa shape index (κ1) is 15.1. The van der Waals surface area contributed by atoms with Crippen molar-refractivity contribution < 1.29 is 9.47 Å². The van der Waals surface area contributed by atoms with Crippen LogP contribution in [0.1, 0.15) is 28.7 Å². The molecule has 1 aliphatic heterocycles. The molecule has 2 heterocycles. The molecule has 0 spiro atoms. The summed E-state index contributed by atoms with van der Waals surface area (Å²) in [6.07, 6.45) is 1.41. The van der Waals surface area contributed by atoms with E-state index in [4.69, 9.17) is 9.47 Å². The Balaban J connectivity index is 1.53. The van der Waals surface area contributed by atoms with Gasteiger partial charge in [-0.2, -0.15) is 0 Å². The van der Waals surface area contributed by atoms with Crippen molar-refractivity contribution in [2.75, 3.05) is 0 Å². The van der Waals surface area contributed by atoms with Crippen molar-refractivity contribution >= 4 is 0 Å². The van der Waals surface area contributed by atoms with E-state index in [1.807, 2.05) is 18.2 Å². The monoisotopic (exact) mass is 317 g/mol. The summed E-state index contributed by atoms with van der Waals surface area (Å²) in [6, 6.07) is 20.9. The summed E-state index contributed by atoms with van der Waals surface area (Å²) in [6.45, 7) is 3.18. The van der Waals surface area contributed by atoms with E-state index in [9.17, 15) is 0 Å². The highest BCUT2D eigenvalue weighted by Gasteiger charge is 2.24. The molecule has 0 bridgehead atoms. The zero-order valence-electron chi connectivity index (χ0n) is 13.6. The van der Waals surface area contributed by atoms with E-state index in [1.165, 1.54) is 16.7 Å². The van der Waals surface area contributed by atoms with Crippen LogP contribution >= 0.6 is 0 Å². The molecule has 3 aromatic rings. The predicted molar refractivity (Wildman–Crippen MR) is 93.2 cm³/mol. The molecule has 1 aromatic heterocycles. The third-order valence-electron chi connectivity index (χ3n) is 4.19. The number of hydrogen-bond donors (Lipinski definition) is 0. The molecule has 2 aromatic carbocycles. The lowest BCUT2D eigenvalue weighted by Crippen LogP contribution is -2.04. The number of nitrogens with zero attached hydrogens (tertiary/aromatic N) is 1. The van der Waals surface area contributed by atoms with Gasteiger partial charge in [-0.25, -0.2) is 0 Å². The number of pyridine rings is 1. The van der Waals surface area contributed by atoms with E-state index in [1.54, 1.807) is 6.20 Å². The molecule has 0 aliphatic carbocycles. The van der Waals surface area contributed by atoms with Crippen molar-refractivity contribution in [3.05, 3.63) is 89.2 Å². The molecule has 0 saturated carbocycles. The summed E-state index contributed by atoms with van der Waals surface area (Å²) >= 11 is 0. The normalized spacial score (nSPS) is 16.1. The summed E-state index contributed by atoms with van der Waals surface area (Å²) in [7, 11) is 0. The molecule has 4 rings (SSSR count). The summed E-state index contributed by atoms with van der Waals surface area (Å²) in [5, 5.41) is 0. The minimum Gasteiger partial charge on any atom is -0.342 e. The van der Waals surface area contributed by atoms with Crippen LogP contribution < -0.4 is 0 Å². The van der Waals surface area contributed by atoms with Crippen molar-refractivity contribution in [2.24, 2.45) is 0 Å². The van der Waals surface area contributed by atoms with Gasteiger partial charge in [0.1, 0.15) is 5.69 Å². The Bertz CT molecular complexity index is 845. The third-order valence-corrected chi connectivity index (χ3v) is 4.19. The fraction of sp³-hybridized carbons (Fsp3) is 0.190. The number of benzene rings is 2. The van der Waals surface area contributed by atoms with Crippen LogP contribution in [0.15, 0.2) is 66.9 Å². The van der Waals surface area contributed by atoms with Gasteiger partial charge in [-0.05, 0) is 35.7 Å². The zero-order valence-corrected chi connectivity index (χ0v) is 13.6. The molecule has 0 amide bonds. The standard InChI is InChI=1S/C21H19NO2/c1-15-10-16(12-19(11-15)17-6-3-2-4-7-17)13-23-21-20-18(14-24-21)8-5-9-22-20/h2-12,21H,13-14H2,1H3. The Morgan fingerprint density at radius 3 is 2.79 bits per heavy atom. The molecule has 1 atom stereocenters. The van der Waals surface area contributed by atoms with Crippen LogP contribution in [-0.2, 0) is 22.7 Å². The van der Waals surface area contributed by atoms with Crippen LogP contribution in [0.2, 0.25) is 0 Å². The van der Waals surface area contributed by atoms with Crippen molar-refractivity contribution in [3.8, 4) is 11.1 Å². The summed E-state index contributed by atoms with van der Waals surface area (Å²) < 4.78 is 11.7. The van der Waals surface area contributed by atoms with Crippen LogP contribution in [0.5, 0.6) is 0 Å². The molecule has 24 heavy (non-hydrogen) atoms. The van der Waals surface area contributed by atoms with Gasteiger partial charge in [-0.1, -0.05) is 54.1 Å². The van der Waals surface area contributed by atoms with E-state index < -0.39 is 0 Å². The van der Waals surface area contributed by atoms with E-state index in [0.717, 1.165) is 16.8 Å². The molecule has 120 valence electrons. The summed E-state index contributed by atoms with van der Waals surface area (Å²) in [5.74, 6) is 0. The smallest absolute Gasteiger partial charge is 0.202 e. The number of aromatic nitrogens is 1. The van der Waals surface area contributed by atoms with Crippen molar-refractivity contribution in [3.63, 3.8) is 0 Å². The second-order valence-corrected chi connectivity index (χ2v) is 6.08. The lowest BCUT2D eigenvalue weighted by atomic mass is 10.0. The van der Waals surface area contributed by atoms with Gasteiger partial charge in [0.2, 0.25) is 6.29 Å². The van der Waals surface area contributed by atoms with Gasteiger partial charge in [0.15, 0.2) is 0 Å². The number of ether oxygens (including phenoxy) is 2. The second-order valence-electron chi connectivity index (χ2n) is 6.08. The lowest BCUT2D eigenvalue weighted by molar-refractivity contribution is -0.147. The van der Waals surface area contributed by atoms with Crippen molar-refractivity contribution in [2.45, 2.75) is 26.4 Å². The molecular weight excluding hydrogens is 298 g/mol. The van der Waals surface area contributed by atoms with E-state index in [-0.39, 0.29) is 6.29 Å². The van der Waals surface area contributed by atoms with Crippen LogP contribution in [-0.4, -0.2) is 4.98 Å². The molecule has 0 N–H and O–H groups in total. The van der Waals surface area contributed by atoms with Gasteiger partial charge in [0.05, 0.1) is 13.2 Å². The molecule has 3 nitrogen and oxygen atoms in total. The Hall–Kier alpha value is -2.49. The van der Waals surface area contributed by atoms with E-state index in [2.05, 4.69) is 54.4 Å². The lowest BCUT2D eigenvalue weighted by Gasteiger charge is -2.13. The van der Waals surface area contributed by atoms with Crippen LogP contribution in [0, 0.1) is 6.92 Å². The van der Waals surface area contributed by atoms with Crippen molar-refractivity contribution in [1.82, 2.24) is 4.98 Å². The van der Waals surface area contributed by atoms with E-state index in [0.29, 0.717) is 13.2 Å². The largest absolute Gasteiger partial charge is 0.342 e. The molecule has 1 unspecified atom stereocenters. The highest BCUT2D eigenvalue weighted by atomic mass is 16.7. The van der Waals surface area contributed by atoms with Crippen LogP contribution in [0.3, 0.4) is 0 Å². The minimum absolute atomic E-state index is 0.373. The summed E-state index contributed by atoms with van der Waals surface area (Å²) in [5.41, 5.74) is 6.79. The van der Waals surface area contributed by atoms with Crippen LogP contribution in [0.4, 0.5) is 0 Å². The second kappa shape index (κ2) is 6.56. The highest BCUT2D eigenvalue weighted by molar-refractivity contribution is 5.65. The Labute approximate surface area is 141 Å². The molecule has 0 saturated heterocycles. The molecule has 0 fully saturated rings. The average Bonchev–Trinajstić information content (AvgIpc) is 3.03. The zero-order chi connectivity index (χ0) is 16.4. The predicted octanol–water partition coefficient (Wildman–Crippen LogP) is 4.80. The van der Waals surface area contributed by atoms with Gasteiger partial charge in [0, 0.05) is 11.8 Å². The molecule has 0 radical (unpaired) electrons. The number of rotatable bonds is 4. The maximum absolute atomic E-state index is 5.98. The average molecular weight is 317 g/mol. The fourth-order valence-corrected chi connectivity index (χ4v) is 3.07. The van der Waals surface area contributed by atoms with Gasteiger partial charge in [-0.15, -0.1) is 0 Å². The van der Waals surface area contributed by atoms with Crippen molar-refractivity contribution in [1.29, 1.82) is 0 Å². The van der Waals surface area contributed by atoms with Crippen LogP contribution in [0.25, 0.3) is 11.1 Å². The van der Waals surface area contributed by atoms with Gasteiger partial charge >= 0.3 is 0 Å². The first-order valence-electron chi connectivity index (χ1n) is 8.12. The SMILES string of the molecule is Cc1cc(COC2OCc3cccnc32)cc(-c2ccccc2)c1. The van der Waals surface area contributed by atoms with E-state index >= 15 is 0 Å². The summed E-state index contributed by atoms with van der Waals surface area (Å²) in [4.78, 5) is 4.39. The maximum atomic E-state index is 5.98. The number of hydrogen-bond acceptors (Lipinski definition) is 3. The third kappa shape index (κ3) is 3.09. The Morgan fingerprint density at radius 2 is 1.92 bits per heavy atom. The fourth-order valence-electron chi connectivity index (χ4n) is 3.07. The highest BCUT2D eigenvalue weighted by Crippen LogP contribution is 2.30. The molecule has 3 heteroatoms. The van der Waals surface area contributed by atoms with Gasteiger partial charge in [-0.3, -0.25) is 4.98 Å². The molecular formula is C21H19NO2. The minimum atomic E-state index is -0.373. The first-order valence-corrected chi connectivity index (χ1v) is 8.12. The molecule has 1 aliphatic rings. The first-order chi connectivity index (χ1) is 11.8.